The van der Waals surface area contributed by atoms with Gasteiger partial charge in [0, 0.05) is 34.9 Å². The van der Waals surface area contributed by atoms with E-state index in [0.29, 0.717) is 12.0 Å². The number of hydrogen-bond donors (Lipinski definition) is 0. The summed E-state index contributed by atoms with van der Waals surface area (Å²) in [6.45, 7) is 2.05. The van der Waals surface area contributed by atoms with E-state index >= 15 is 0 Å². The molecule has 1 saturated carbocycles. The van der Waals surface area contributed by atoms with Crippen LogP contribution in [0.5, 0.6) is 0 Å². The number of benzene rings is 1. The zero-order valence-electron chi connectivity index (χ0n) is 14.0. The Hall–Kier alpha value is -1.95. The van der Waals surface area contributed by atoms with Crippen molar-refractivity contribution in [3.05, 3.63) is 47.0 Å². The lowest BCUT2D eigenvalue weighted by Crippen LogP contribution is -2.34. The van der Waals surface area contributed by atoms with Crippen LogP contribution in [0.3, 0.4) is 0 Å². The Bertz CT molecular complexity index is 909. The van der Waals surface area contributed by atoms with E-state index in [0.717, 1.165) is 41.7 Å². The summed E-state index contributed by atoms with van der Waals surface area (Å²) in [5.41, 5.74) is 1.05. The summed E-state index contributed by atoms with van der Waals surface area (Å²) in [5.74, 6) is 2.80. The van der Waals surface area contributed by atoms with Crippen molar-refractivity contribution in [2.45, 2.75) is 37.6 Å². The van der Waals surface area contributed by atoms with Gasteiger partial charge in [-0.3, -0.25) is 0 Å². The number of hydrogen-bond acceptors (Lipinski definition) is 4. The molecule has 1 aliphatic heterocycles. The third-order valence-electron chi connectivity index (χ3n) is 5.36. The normalized spacial score (nSPS) is 18.8. The van der Waals surface area contributed by atoms with E-state index in [2.05, 4.69) is 65.9 Å². The molecule has 5 rings (SSSR count). The van der Waals surface area contributed by atoms with E-state index in [9.17, 15) is 0 Å². The lowest BCUT2D eigenvalue weighted by molar-refractivity contribution is 0.463. The minimum atomic E-state index is 0.524. The number of rotatable bonds is 3. The molecule has 25 heavy (non-hydrogen) atoms. The minimum absolute atomic E-state index is 0.524. The monoisotopic (exact) mass is 397 g/mol. The van der Waals surface area contributed by atoms with Gasteiger partial charge in [-0.05, 0) is 56.0 Å². The van der Waals surface area contributed by atoms with Crippen LogP contribution in [-0.2, 0) is 0 Å². The van der Waals surface area contributed by atoms with E-state index in [-0.39, 0.29) is 0 Å². The predicted octanol–water partition coefficient (Wildman–Crippen LogP) is 4.31. The summed E-state index contributed by atoms with van der Waals surface area (Å²) < 4.78 is 3.40. The number of fused-ring (bicyclic) bond motifs is 1. The fraction of sp³-hybridized carbons (Fsp3) is 0.421. The molecule has 0 spiro atoms. The number of piperidine rings is 1. The van der Waals surface area contributed by atoms with Gasteiger partial charge in [-0.2, -0.15) is 0 Å². The fourth-order valence-electron chi connectivity index (χ4n) is 3.81. The van der Waals surface area contributed by atoms with Crippen LogP contribution in [0.4, 0.5) is 5.82 Å². The Morgan fingerprint density at radius 3 is 2.64 bits per heavy atom. The third-order valence-corrected chi connectivity index (χ3v) is 5.85. The SMILES string of the molecule is Brc1ccc2nc(N3CCC(c4nncn4C4CC4)CC3)ccc2c1. The van der Waals surface area contributed by atoms with Crippen molar-refractivity contribution in [3.63, 3.8) is 0 Å². The van der Waals surface area contributed by atoms with Crippen LogP contribution < -0.4 is 4.90 Å². The zero-order chi connectivity index (χ0) is 16.8. The Kier molecular flexibility index (Phi) is 3.73. The number of halogens is 1. The van der Waals surface area contributed by atoms with Crippen molar-refractivity contribution in [1.82, 2.24) is 19.7 Å². The quantitative estimate of drug-likeness (QED) is 0.660. The lowest BCUT2D eigenvalue weighted by Gasteiger charge is -2.32. The number of pyridine rings is 1. The zero-order valence-corrected chi connectivity index (χ0v) is 15.6. The molecule has 0 amide bonds. The van der Waals surface area contributed by atoms with Crippen LogP contribution in [0.2, 0.25) is 0 Å². The third kappa shape index (κ3) is 2.92. The first kappa shape index (κ1) is 15.3. The standard InChI is InChI=1S/C19H20BrN5/c20-15-2-5-17-14(11-15)1-6-18(22-17)24-9-7-13(8-10-24)19-23-21-12-25(19)16-3-4-16/h1-2,5-6,11-13,16H,3-4,7-10H2. The Morgan fingerprint density at radius 2 is 1.84 bits per heavy atom. The van der Waals surface area contributed by atoms with Crippen molar-refractivity contribution >= 4 is 32.7 Å². The fourth-order valence-corrected chi connectivity index (χ4v) is 4.19. The van der Waals surface area contributed by atoms with Crippen LogP contribution in [0, 0.1) is 0 Å². The molecule has 0 unspecified atom stereocenters. The Morgan fingerprint density at radius 1 is 1.00 bits per heavy atom. The van der Waals surface area contributed by atoms with Gasteiger partial charge >= 0.3 is 0 Å². The summed E-state index contributed by atoms with van der Waals surface area (Å²) in [4.78, 5) is 7.25. The number of aromatic nitrogens is 4. The van der Waals surface area contributed by atoms with Gasteiger partial charge in [-0.25, -0.2) is 4.98 Å². The molecule has 0 atom stereocenters. The molecule has 2 aromatic heterocycles. The molecule has 128 valence electrons. The number of nitrogens with zero attached hydrogens (tertiary/aromatic N) is 5. The molecule has 0 bridgehead atoms. The summed E-state index contributed by atoms with van der Waals surface area (Å²) >= 11 is 3.52. The van der Waals surface area contributed by atoms with Crippen LogP contribution in [-0.4, -0.2) is 32.8 Å². The maximum atomic E-state index is 4.86. The first-order valence-corrected chi connectivity index (χ1v) is 9.78. The molecule has 2 fully saturated rings. The van der Waals surface area contributed by atoms with Crippen molar-refractivity contribution in [2.75, 3.05) is 18.0 Å². The van der Waals surface area contributed by atoms with E-state index < -0.39 is 0 Å². The highest BCUT2D eigenvalue weighted by Gasteiger charge is 2.31. The minimum Gasteiger partial charge on any atom is -0.357 e. The molecular formula is C19H20BrN5. The second kappa shape index (κ2) is 6.09. The largest absolute Gasteiger partial charge is 0.357 e. The van der Waals surface area contributed by atoms with E-state index in [1.165, 1.54) is 24.1 Å². The summed E-state index contributed by atoms with van der Waals surface area (Å²) in [6.07, 6.45) is 6.71. The average molecular weight is 398 g/mol. The van der Waals surface area contributed by atoms with Gasteiger partial charge in [0.15, 0.2) is 0 Å². The van der Waals surface area contributed by atoms with Crippen LogP contribution >= 0.6 is 15.9 Å². The van der Waals surface area contributed by atoms with Gasteiger partial charge in [0.2, 0.25) is 0 Å². The van der Waals surface area contributed by atoms with Crippen LogP contribution in [0.25, 0.3) is 10.9 Å². The van der Waals surface area contributed by atoms with E-state index in [4.69, 9.17) is 4.98 Å². The van der Waals surface area contributed by atoms with Crippen molar-refractivity contribution in [1.29, 1.82) is 0 Å². The number of anilines is 1. The molecule has 5 nitrogen and oxygen atoms in total. The highest BCUT2D eigenvalue weighted by molar-refractivity contribution is 9.10. The molecule has 1 aliphatic carbocycles. The molecule has 3 heterocycles. The van der Waals surface area contributed by atoms with Crippen molar-refractivity contribution in [3.8, 4) is 0 Å². The smallest absolute Gasteiger partial charge is 0.136 e. The van der Waals surface area contributed by atoms with Gasteiger partial charge < -0.3 is 9.47 Å². The van der Waals surface area contributed by atoms with E-state index in [1.807, 2.05) is 6.33 Å². The molecule has 1 aromatic carbocycles. The summed E-state index contributed by atoms with van der Waals surface area (Å²) in [6, 6.07) is 11.2. The second-order valence-electron chi connectivity index (χ2n) is 7.10. The van der Waals surface area contributed by atoms with Crippen molar-refractivity contribution in [2.24, 2.45) is 0 Å². The highest BCUT2D eigenvalue weighted by Crippen LogP contribution is 2.38. The molecule has 1 saturated heterocycles. The first-order valence-electron chi connectivity index (χ1n) is 8.98. The van der Waals surface area contributed by atoms with Crippen molar-refractivity contribution < 1.29 is 0 Å². The summed E-state index contributed by atoms with van der Waals surface area (Å²) in [5, 5.41) is 9.75. The predicted molar refractivity (Wildman–Crippen MR) is 102 cm³/mol. The second-order valence-corrected chi connectivity index (χ2v) is 8.01. The molecule has 2 aliphatic rings. The molecule has 6 heteroatoms. The summed E-state index contributed by atoms with van der Waals surface area (Å²) in [7, 11) is 0. The van der Waals surface area contributed by atoms with Gasteiger partial charge in [0.25, 0.3) is 0 Å². The molecule has 0 N–H and O–H groups in total. The molecular weight excluding hydrogens is 378 g/mol. The lowest BCUT2D eigenvalue weighted by atomic mass is 9.96. The average Bonchev–Trinajstić information content (AvgIpc) is 3.38. The molecule has 0 radical (unpaired) electrons. The van der Waals surface area contributed by atoms with Gasteiger partial charge in [-0.15, -0.1) is 10.2 Å². The topological polar surface area (TPSA) is 46.8 Å². The highest BCUT2D eigenvalue weighted by atomic mass is 79.9. The first-order chi connectivity index (χ1) is 12.3. The van der Waals surface area contributed by atoms with Gasteiger partial charge in [-0.1, -0.05) is 15.9 Å². The van der Waals surface area contributed by atoms with Crippen LogP contribution in [0.1, 0.15) is 43.5 Å². The maximum Gasteiger partial charge on any atom is 0.136 e. The van der Waals surface area contributed by atoms with Gasteiger partial charge in [0.05, 0.1) is 5.52 Å². The maximum absolute atomic E-state index is 4.86. The van der Waals surface area contributed by atoms with Crippen LogP contribution in [0.15, 0.2) is 41.1 Å². The van der Waals surface area contributed by atoms with Gasteiger partial charge in [0.1, 0.15) is 18.0 Å². The Balaban J connectivity index is 1.33. The Labute approximate surface area is 155 Å². The molecule has 3 aromatic rings. The van der Waals surface area contributed by atoms with E-state index in [1.54, 1.807) is 0 Å².